The summed E-state index contributed by atoms with van der Waals surface area (Å²) in [6.45, 7) is 2.26. The number of amides is 1. The highest BCUT2D eigenvalue weighted by atomic mass is 79.9. The van der Waals surface area contributed by atoms with E-state index in [9.17, 15) is 9.59 Å². The van der Waals surface area contributed by atoms with E-state index in [0.717, 1.165) is 26.6 Å². The number of anilines is 1. The molecule has 4 aromatic rings. The molecule has 1 aromatic heterocycles. The minimum Gasteiger partial charge on any atom is -0.465 e. The third kappa shape index (κ3) is 3.82. The molecule has 1 aliphatic rings. The van der Waals surface area contributed by atoms with Gasteiger partial charge in [-0.25, -0.2) is 4.98 Å². The summed E-state index contributed by atoms with van der Waals surface area (Å²) in [5.41, 5.74) is 3.41. The quantitative estimate of drug-likeness (QED) is 0.280. The van der Waals surface area contributed by atoms with Gasteiger partial charge in [-0.15, -0.1) is 0 Å². The smallest absolute Gasteiger partial charge is 0.321 e. The predicted octanol–water partition coefficient (Wildman–Crippen LogP) is 5.11. The number of aromatic nitrogens is 2. The molecule has 1 amide bonds. The summed E-state index contributed by atoms with van der Waals surface area (Å²) in [5.74, 6) is -1.36. The van der Waals surface area contributed by atoms with Crippen molar-refractivity contribution in [2.45, 2.75) is 19.5 Å². The van der Waals surface area contributed by atoms with Crippen molar-refractivity contribution in [2.24, 2.45) is 5.92 Å². The summed E-state index contributed by atoms with van der Waals surface area (Å²) in [6, 6.07) is 24.6. The Labute approximate surface area is 199 Å². The van der Waals surface area contributed by atoms with Crippen LogP contribution in [0.4, 0.5) is 5.95 Å². The number of nitrogens with zero attached hydrogens (tertiary/aromatic N) is 3. The van der Waals surface area contributed by atoms with Gasteiger partial charge in [-0.3, -0.25) is 14.5 Å². The highest BCUT2D eigenvalue weighted by Crippen LogP contribution is 2.42. The standard InChI is InChI=1S/C26H22BrN3O3/c1-2-33-25(32)22-23(18-11-8-12-19(27)15-18)30-21-14-7-6-13-20(21)28-26(30)29(24(22)31)16-17-9-4-3-5-10-17/h3-15,22-23H,2,16H2,1H3. The number of halogens is 1. The lowest BCUT2D eigenvalue weighted by Gasteiger charge is -2.38. The van der Waals surface area contributed by atoms with Crippen LogP contribution in [0, 0.1) is 5.92 Å². The molecule has 2 atom stereocenters. The van der Waals surface area contributed by atoms with E-state index < -0.39 is 17.9 Å². The number of carbonyl (C=O) groups is 2. The maximum absolute atomic E-state index is 13.9. The van der Waals surface area contributed by atoms with Crippen LogP contribution in [-0.2, 0) is 20.9 Å². The molecule has 1 aliphatic heterocycles. The second-order valence-corrected chi connectivity index (χ2v) is 8.83. The maximum Gasteiger partial charge on any atom is 0.321 e. The summed E-state index contributed by atoms with van der Waals surface area (Å²) in [4.78, 5) is 33.6. The summed E-state index contributed by atoms with van der Waals surface area (Å²) < 4.78 is 8.28. The lowest BCUT2D eigenvalue weighted by Crippen LogP contribution is -2.49. The fourth-order valence-corrected chi connectivity index (χ4v) is 4.87. The highest BCUT2D eigenvalue weighted by Gasteiger charge is 2.47. The van der Waals surface area contributed by atoms with Gasteiger partial charge in [-0.05, 0) is 42.3 Å². The number of rotatable bonds is 5. The van der Waals surface area contributed by atoms with Crippen molar-refractivity contribution in [2.75, 3.05) is 11.5 Å². The summed E-state index contributed by atoms with van der Waals surface area (Å²) in [6.07, 6.45) is 0. The van der Waals surface area contributed by atoms with Crippen LogP contribution in [0.5, 0.6) is 0 Å². The molecule has 0 radical (unpaired) electrons. The first kappa shape index (κ1) is 21.4. The van der Waals surface area contributed by atoms with Crippen molar-refractivity contribution in [1.82, 2.24) is 9.55 Å². The van der Waals surface area contributed by atoms with E-state index in [4.69, 9.17) is 9.72 Å². The van der Waals surface area contributed by atoms with Gasteiger partial charge >= 0.3 is 5.97 Å². The van der Waals surface area contributed by atoms with Gasteiger partial charge in [0.25, 0.3) is 0 Å². The fourth-order valence-electron chi connectivity index (χ4n) is 4.46. The molecule has 0 N–H and O–H groups in total. The Bertz CT molecular complexity index is 1340. The normalized spacial score (nSPS) is 17.8. The van der Waals surface area contributed by atoms with Gasteiger partial charge in [0.05, 0.1) is 30.2 Å². The largest absolute Gasteiger partial charge is 0.465 e. The number of fused-ring (bicyclic) bond motifs is 3. The number of para-hydroxylation sites is 2. The molecule has 7 heteroatoms. The third-order valence-electron chi connectivity index (χ3n) is 5.86. The first-order valence-corrected chi connectivity index (χ1v) is 11.6. The number of ether oxygens (including phenoxy) is 1. The number of benzene rings is 3. The van der Waals surface area contributed by atoms with Crippen LogP contribution in [0.1, 0.15) is 24.1 Å². The fraction of sp³-hybridized carbons (Fsp3) is 0.192. The Morgan fingerprint density at radius 2 is 1.79 bits per heavy atom. The highest BCUT2D eigenvalue weighted by molar-refractivity contribution is 9.10. The first-order chi connectivity index (χ1) is 16.1. The molecule has 0 spiro atoms. The van der Waals surface area contributed by atoms with E-state index in [0.29, 0.717) is 12.5 Å². The van der Waals surface area contributed by atoms with E-state index in [1.807, 2.05) is 83.4 Å². The average Bonchev–Trinajstić information content (AvgIpc) is 3.20. The van der Waals surface area contributed by atoms with E-state index in [1.54, 1.807) is 11.8 Å². The van der Waals surface area contributed by atoms with Gasteiger partial charge in [0.2, 0.25) is 11.9 Å². The molecule has 5 rings (SSSR count). The Morgan fingerprint density at radius 1 is 1.03 bits per heavy atom. The van der Waals surface area contributed by atoms with Gasteiger partial charge in [-0.2, -0.15) is 0 Å². The maximum atomic E-state index is 13.9. The SMILES string of the molecule is CCOC(=O)C1C(=O)N(Cc2ccccc2)c2nc3ccccc3n2C1c1cccc(Br)c1. The van der Waals surface area contributed by atoms with Crippen molar-refractivity contribution in [3.05, 3.63) is 94.5 Å². The van der Waals surface area contributed by atoms with E-state index in [1.165, 1.54) is 0 Å². The number of imidazole rings is 1. The molecule has 33 heavy (non-hydrogen) atoms. The Hall–Kier alpha value is -3.45. The monoisotopic (exact) mass is 503 g/mol. The average molecular weight is 504 g/mol. The number of esters is 1. The molecular formula is C26H22BrN3O3. The molecule has 0 aliphatic carbocycles. The molecule has 6 nitrogen and oxygen atoms in total. The molecule has 166 valence electrons. The van der Waals surface area contributed by atoms with Crippen molar-refractivity contribution in [3.8, 4) is 0 Å². The molecule has 2 heterocycles. The van der Waals surface area contributed by atoms with Crippen LogP contribution < -0.4 is 4.90 Å². The lowest BCUT2D eigenvalue weighted by atomic mass is 9.89. The van der Waals surface area contributed by atoms with Crippen LogP contribution in [-0.4, -0.2) is 28.0 Å². The summed E-state index contributed by atoms with van der Waals surface area (Å²) in [7, 11) is 0. The molecule has 0 fully saturated rings. The van der Waals surface area contributed by atoms with Gasteiger partial charge in [0.15, 0.2) is 5.92 Å². The van der Waals surface area contributed by atoms with Crippen LogP contribution >= 0.6 is 15.9 Å². The van der Waals surface area contributed by atoms with E-state index in [2.05, 4.69) is 15.9 Å². The second kappa shape index (κ2) is 8.83. The minimum atomic E-state index is -1.03. The van der Waals surface area contributed by atoms with Crippen LogP contribution in [0.2, 0.25) is 0 Å². The van der Waals surface area contributed by atoms with Gasteiger partial charge in [-0.1, -0.05) is 70.5 Å². The summed E-state index contributed by atoms with van der Waals surface area (Å²) in [5, 5.41) is 0. The molecule has 3 aromatic carbocycles. The topological polar surface area (TPSA) is 64.4 Å². The predicted molar refractivity (Wildman–Crippen MR) is 130 cm³/mol. The molecular weight excluding hydrogens is 482 g/mol. The van der Waals surface area contributed by atoms with E-state index in [-0.39, 0.29) is 12.5 Å². The number of carbonyl (C=O) groups excluding carboxylic acids is 2. The van der Waals surface area contributed by atoms with Gasteiger partial charge in [0, 0.05) is 4.47 Å². The zero-order valence-corrected chi connectivity index (χ0v) is 19.6. The van der Waals surface area contributed by atoms with Crippen molar-refractivity contribution >= 4 is 44.8 Å². The van der Waals surface area contributed by atoms with Crippen molar-refractivity contribution in [1.29, 1.82) is 0 Å². The number of hydrogen-bond acceptors (Lipinski definition) is 4. The third-order valence-corrected chi connectivity index (χ3v) is 6.35. The minimum absolute atomic E-state index is 0.198. The zero-order chi connectivity index (χ0) is 22.9. The van der Waals surface area contributed by atoms with Crippen LogP contribution in [0.15, 0.2) is 83.3 Å². The van der Waals surface area contributed by atoms with Crippen molar-refractivity contribution in [3.63, 3.8) is 0 Å². The van der Waals surface area contributed by atoms with E-state index >= 15 is 0 Å². The van der Waals surface area contributed by atoms with Crippen LogP contribution in [0.25, 0.3) is 11.0 Å². The van der Waals surface area contributed by atoms with Gasteiger partial charge in [0.1, 0.15) is 0 Å². The zero-order valence-electron chi connectivity index (χ0n) is 18.0. The Kier molecular flexibility index (Phi) is 5.72. The summed E-state index contributed by atoms with van der Waals surface area (Å²) >= 11 is 3.53. The second-order valence-electron chi connectivity index (χ2n) is 7.91. The molecule has 0 saturated carbocycles. The van der Waals surface area contributed by atoms with Crippen LogP contribution in [0.3, 0.4) is 0 Å². The van der Waals surface area contributed by atoms with Crippen molar-refractivity contribution < 1.29 is 14.3 Å². The molecule has 2 unspecified atom stereocenters. The van der Waals surface area contributed by atoms with Gasteiger partial charge < -0.3 is 9.30 Å². The Balaban J connectivity index is 1.76. The number of hydrogen-bond donors (Lipinski definition) is 0. The molecule has 0 saturated heterocycles. The first-order valence-electron chi connectivity index (χ1n) is 10.8. The lowest BCUT2D eigenvalue weighted by molar-refractivity contribution is -0.153. The molecule has 0 bridgehead atoms. The Morgan fingerprint density at radius 3 is 2.55 bits per heavy atom.